The van der Waals surface area contributed by atoms with Crippen molar-refractivity contribution in [3.05, 3.63) is 71.9 Å². The molecule has 0 aliphatic heterocycles. The smallest absolute Gasteiger partial charge is 0.244 e. The van der Waals surface area contributed by atoms with Crippen LogP contribution in [-0.2, 0) is 13.0 Å². The minimum atomic E-state index is 0.515. The van der Waals surface area contributed by atoms with Crippen molar-refractivity contribution in [3.8, 4) is 5.75 Å². The Bertz CT molecular complexity index is 795. The fourth-order valence-corrected chi connectivity index (χ4v) is 2.40. The highest BCUT2D eigenvalue weighted by atomic mass is 16.5. The maximum absolute atomic E-state index is 5.24. The topological polar surface area (TPSA) is 72.0 Å². The third-order valence-corrected chi connectivity index (χ3v) is 3.71. The first-order valence-corrected chi connectivity index (χ1v) is 8.18. The lowest BCUT2D eigenvalue weighted by Crippen LogP contribution is -2.10. The quantitative estimate of drug-likeness (QED) is 0.659. The van der Waals surface area contributed by atoms with E-state index < -0.39 is 0 Å². The van der Waals surface area contributed by atoms with Crippen molar-refractivity contribution in [2.24, 2.45) is 0 Å². The Hall–Kier alpha value is -3.15. The molecule has 0 aliphatic rings. The molecule has 0 saturated carbocycles. The van der Waals surface area contributed by atoms with Crippen LogP contribution in [0.4, 0.5) is 11.8 Å². The Kier molecular flexibility index (Phi) is 5.77. The molecular weight excluding hydrogens is 314 g/mol. The number of hydrogen-bond acceptors (Lipinski definition) is 6. The van der Waals surface area contributed by atoms with Gasteiger partial charge in [0.2, 0.25) is 5.95 Å². The Morgan fingerprint density at radius 1 is 0.960 bits per heavy atom. The molecule has 3 rings (SSSR count). The van der Waals surface area contributed by atoms with Gasteiger partial charge in [-0.3, -0.25) is 0 Å². The molecule has 3 aromatic rings. The van der Waals surface area contributed by atoms with Gasteiger partial charge in [0.05, 0.1) is 13.3 Å². The van der Waals surface area contributed by atoms with Crippen molar-refractivity contribution in [2.75, 3.05) is 24.3 Å². The second kappa shape index (κ2) is 8.63. The van der Waals surface area contributed by atoms with E-state index in [-0.39, 0.29) is 0 Å². The SMILES string of the molecule is COc1cccc(CCNc2nncc(NCc3ccccc3)n2)c1. The van der Waals surface area contributed by atoms with E-state index in [2.05, 4.69) is 44.0 Å². The molecule has 0 aliphatic carbocycles. The van der Waals surface area contributed by atoms with Gasteiger partial charge in [0.1, 0.15) is 5.75 Å². The largest absolute Gasteiger partial charge is 0.497 e. The highest BCUT2D eigenvalue weighted by molar-refractivity contribution is 5.38. The molecule has 0 unspecified atom stereocenters. The zero-order chi connectivity index (χ0) is 17.3. The molecule has 0 atom stereocenters. The number of methoxy groups -OCH3 is 1. The van der Waals surface area contributed by atoms with Crippen molar-refractivity contribution < 1.29 is 4.74 Å². The number of benzene rings is 2. The van der Waals surface area contributed by atoms with Gasteiger partial charge in [-0.1, -0.05) is 42.5 Å². The maximum atomic E-state index is 5.24. The van der Waals surface area contributed by atoms with Crippen LogP contribution in [0, 0.1) is 0 Å². The van der Waals surface area contributed by atoms with E-state index in [1.165, 1.54) is 11.1 Å². The van der Waals surface area contributed by atoms with Gasteiger partial charge >= 0.3 is 0 Å². The molecular formula is C19H21N5O. The number of aromatic nitrogens is 3. The molecule has 0 spiro atoms. The van der Waals surface area contributed by atoms with E-state index in [1.54, 1.807) is 13.3 Å². The summed E-state index contributed by atoms with van der Waals surface area (Å²) in [6, 6.07) is 18.2. The summed E-state index contributed by atoms with van der Waals surface area (Å²) in [5.41, 5.74) is 2.38. The lowest BCUT2D eigenvalue weighted by molar-refractivity contribution is 0.414. The zero-order valence-electron chi connectivity index (χ0n) is 14.1. The fourth-order valence-electron chi connectivity index (χ4n) is 2.40. The van der Waals surface area contributed by atoms with Gasteiger partial charge in [0.15, 0.2) is 5.82 Å². The summed E-state index contributed by atoms with van der Waals surface area (Å²) in [7, 11) is 1.67. The van der Waals surface area contributed by atoms with Gasteiger partial charge < -0.3 is 15.4 Å². The normalized spacial score (nSPS) is 10.3. The molecule has 6 heteroatoms. The van der Waals surface area contributed by atoms with Crippen molar-refractivity contribution in [2.45, 2.75) is 13.0 Å². The molecule has 25 heavy (non-hydrogen) atoms. The molecule has 6 nitrogen and oxygen atoms in total. The summed E-state index contributed by atoms with van der Waals surface area (Å²) in [5, 5.41) is 14.5. The minimum Gasteiger partial charge on any atom is -0.497 e. The van der Waals surface area contributed by atoms with Crippen molar-refractivity contribution >= 4 is 11.8 Å². The number of hydrogen-bond donors (Lipinski definition) is 2. The van der Waals surface area contributed by atoms with Gasteiger partial charge in [-0.05, 0) is 29.7 Å². The van der Waals surface area contributed by atoms with Gasteiger partial charge in [-0.2, -0.15) is 10.1 Å². The standard InChI is InChI=1S/C19H21N5O/c1-25-17-9-5-8-15(12-17)10-11-20-19-23-18(14-22-24-19)21-13-16-6-3-2-4-7-16/h2-9,12,14H,10-11,13H2,1H3,(H2,20,21,23,24). The molecule has 0 saturated heterocycles. The third kappa shape index (κ3) is 5.17. The molecule has 0 radical (unpaired) electrons. The lowest BCUT2D eigenvalue weighted by Gasteiger charge is -2.08. The first-order chi connectivity index (χ1) is 12.3. The van der Waals surface area contributed by atoms with E-state index in [1.807, 2.05) is 36.4 Å². The Balaban J connectivity index is 1.51. The molecule has 1 heterocycles. The summed E-state index contributed by atoms with van der Waals surface area (Å²) in [4.78, 5) is 4.43. The second-order valence-electron chi connectivity index (χ2n) is 5.53. The van der Waals surface area contributed by atoms with Crippen LogP contribution in [0.15, 0.2) is 60.8 Å². The Labute approximate surface area is 147 Å². The summed E-state index contributed by atoms with van der Waals surface area (Å²) in [6.07, 6.45) is 2.47. The number of anilines is 2. The number of rotatable bonds is 8. The first-order valence-electron chi connectivity index (χ1n) is 8.18. The number of nitrogens with zero attached hydrogens (tertiary/aromatic N) is 3. The predicted octanol–water partition coefficient (Wildman–Crippen LogP) is 3.15. The fraction of sp³-hybridized carbons (Fsp3) is 0.211. The number of ether oxygens (including phenoxy) is 1. The van der Waals surface area contributed by atoms with Gasteiger partial charge in [0.25, 0.3) is 0 Å². The van der Waals surface area contributed by atoms with Crippen molar-refractivity contribution in [1.29, 1.82) is 0 Å². The van der Waals surface area contributed by atoms with E-state index in [4.69, 9.17) is 4.74 Å². The zero-order valence-corrected chi connectivity index (χ0v) is 14.1. The first kappa shape index (κ1) is 16.7. The average Bonchev–Trinajstić information content (AvgIpc) is 2.68. The summed E-state index contributed by atoms with van der Waals surface area (Å²) >= 11 is 0. The molecule has 0 amide bonds. The molecule has 2 aromatic carbocycles. The molecule has 1 aromatic heterocycles. The van der Waals surface area contributed by atoms with Crippen LogP contribution in [0.2, 0.25) is 0 Å². The van der Waals surface area contributed by atoms with Crippen LogP contribution in [-0.4, -0.2) is 28.8 Å². The summed E-state index contributed by atoms with van der Waals surface area (Å²) < 4.78 is 5.24. The molecule has 2 N–H and O–H groups in total. The third-order valence-electron chi connectivity index (χ3n) is 3.71. The molecule has 0 fully saturated rings. The van der Waals surface area contributed by atoms with Crippen LogP contribution in [0.3, 0.4) is 0 Å². The van der Waals surface area contributed by atoms with E-state index in [9.17, 15) is 0 Å². The molecule has 0 bridgehead atoms. The van der Waals surface area contributed by atoms with Crippen LogP contribution < -0.4 is 15.4 Å². The summed E-state index contributed by atoms with van der Waals surface area (Å²) in [6.45, 7) is 1.42. The summed E-state index contributed by atoms with van der Waals surface area (Å²) in [5.74, 6) is 2.08. The monoisotopic (exact) mass is 335 g/mol. The Morgan fingerprint density at radius 2 is 1.80 bits per heavy atom. The van der Waals surface area contributed by atoms with Crippen molar-refractivity contribution in [3.63, 3.8) is 0 Å². The second-order valence-corrected chi connectivity index (χ2v) is 5.53. The predicted molar refractivity (Wildman–Crippen MR) is 98.8 cm³/mol. The van der Waals surface area contributed by atoms with E-state index in [0.717, 1.165) is 18.7 Å². The van der Waals surface area contributed by atoms with Crippen LogP contribution in [0.25, 0.3) is 0 Å². The highest BCUT2D eigenvalue weighted by Crippen LogP contribution is 2.13. The van der Waals surface area contributed by atoms with E-state index in [0.29, 0.717) is 18.3 Å². The Morgan fingerprint density at radius 3 is 2.64 bits per heavy atom. The van der Waals surface area contributed by atoms with Crippen LogP contribution in [0.5, 0.6) is 5.75 Å². The average molecular weight is 335 g/mol. The van der Waals surface area contributed by atoms with Crippen LogP contribution in [0.1, 0.15) is 11.1 Å². The van der Waals surface area contributed by atoms with Gasteiger partial charge in [0, 0.05) is 13.1 Å². The highest BCUT2D eigenvalue weighted by Gasteiger charge is 2.01. The van der Waals surface area contributed by atoms with Crippen LogP contribution >= 0.6 is 0 Å². The van der Waals surface area contributed by atoms with Gasteiger partial charge in [-0.15, -0.1) is 5.10 Å². The van der Waals surface area contributed by atoms with E-state index >= 15 is 0 Å². The maximum Gasteiger partial charge on any atom is 0.244 e. The minimum absolute atomic E-state index is 0.515. The number of nitrogens with one attached hydrogen (secondary N) is 2. The lowest BCUT2D eigenvalue weighted by atomic mass is 10.1. The van der Waals surface area contributed by atoms with Gasteiger partial charge in [-0.25, -0.2) is 0 Å². The van der Waals surface area contributed by atoms with Crippen molar-refractivity contribution in [1.82, 2.24) is 15.2 Å². The molecule has 128 valence electrons.